The summed E-state index contributed by atoms with van der Waals surface area (Å²) in [7, 11) is 1.98. The van der Waals surface area contributed by atoms with Crippen LogP contribution in [0.4, 0.5) is 0 Å². The van der Waals surface area contributed by atoms with Crippen LogP contribution in [0, 0.1) is 5.92 Å². The van der Waals surface area contributed by atoms with Crippen molar-refractivity contribution in [3.05, 3.63) is 30.1 Å². The Morgan fingerprint density at radius 2 is 2.24 bits per heavy atom. The van der Waals surface area contributed by atoms with Crippen LogP contribution < -0.4 is 5.32 Å². The lowest BCUT2D eigenvalue weighted by Gasteiger charge is -2.06. The zero-order valence-corrected chi connectivity index (χ0v) is 10.9. The van der Waals surface area contributed by atoms with Crippen LogP contribution in [0.1, 0.15) is 25.8 Å². The molecule has 0 saturated carbocycles. The summed E-state index contributed by atoms with van der Waals surface area (Å²) < 4.78 is 2.28. The first-order chi connectivity index (χ1) is 8.22. The Balaban J connectivity index is 2.34. The molecule has 3 heteroatoms. The number of aryl methyl sites for hydroxylation is 1. The van der Waals surface area contributed by atoms with Gasteiger partial charge in [0.05, 0.1) is 0 Å². The summed E-state index contributed by atoms with van der Waals surface area (Å²) >= 11 is 0. The average molecular weight is 231 g/mol. The number of hydrogen-bond acceptors (Lipinski definition) is 2. The molecule has 2 aromatic heterocycles. The van der Waals surface area contributed by atoms with Gasteiger partial charge < -0.3 is 9.88 Å². The highest BCUT2D eigenvalue weighted by Crippen LogP contribution is 2.20. The molecule has 0 fully saturated rings. The first kappa shape index (κ1) is 12.1. The van der Waals surface area contributed by atoms with Gasteiger partial charge in [-0.2, -0.15) is 0 Å². The maximum Gasteiger partial charge on any atom is 0.140 e. The van der Waals surface area contributed by atoms with Crippen molar-refractivity contribution in [1.82, 2.24) is 14.9 Å². The van der Waals surface area contributed by atoms with Gasteiger partial charge in [-0.15, -0.1) is 0 Å². The van der Waals surface area contributed by atoms with Crippen molar-refractivity contribution in [3.8, 4) is 0 Å². The van der Waals surface area contributed by atoms with Gasteiger partial charge in [0.25, 0.3) is 0 Å². The molecular formula is C14H21N3. The molecule has 0 unspecified atom stereocenters. The van der Waals surface area contributed by atoms with E-state index >= 15 is 0 Å². The lowest BCUT2D eigenvalue weighted by atomic mass is 10.1. The summed E-state index contributed by atoms with van der Waals surface area (Å²) in [6, 6.07) is 4.16. The largest absolute Gasteiger partial charge is 0.332 e. The summed E-state index contributed by atoms with van der Waals surface area (Å²) in [5, 5.41) is 4.48. The molecule has 2 rings (SSSR count). The van der Waals surface area contributed by atoms with E-state index in [1.165, 1.54) is 17.4 Å². The zero-order chi connectivity index (χ0) is 12.3. The Bertz CT molecular complexity index is 485. The lowest BCUT2D eigenvalue weighted by Crippen LogP contribution is -2.04. The van der Waals surface area contributed by atoms with E-state index in [9.17, 15) is 0 Å². The number of fused-ring (bicyclic) bond motifs is 1. The molecule has 3 nitrogen and oxygen atoms in total. The maximum absolute atomic E-state index is 4.50. The highest BCUT2D eigenvalue weighted by Gasteiger charge is 2.08. The quantitative estimate of drug-likeness (QED) is 0.857. The fraction of sp³-hybridized carbons (Fsp3) is 0.500. The van der Waals surface area contributed by atoms with Gasteiger partial charge in [0.15, 0.2) is 0 Å². The Morgan fingerprint density at radius 3 is 2.94 bits per heavy atom. The van der Waals surface area contributed by atoms with Crippen LogP contribution in [-0.2, 0) is 13.1 Å². The molecule has 0 saturated heterocycles. The van der Waals surface area contributed by atoms with E-state index in [0.29, 0.717) is 0 Å². The van der Waals surface area contributed by atoms with Crippen LogP contribution in [0.3, 0.4) is 0 Å². The van der Waals surface area contributed by atoms with Gasteiger partial charge in [0, 0.05) is 30.9 Å². The van der Waals surface area contributed by atoms with Gasteiger partial charge in [-0.25, -0.2) is 4.98 Å². The molecule has 0 bridgehead atoms. The van der Waals surface area contributed by atoms with Crippen LogP contribution in [0.2, 0.25) is 0 Å². The molecule has 2 heterocycles. The summed E-state index contributed by atoms with van der Waals surface area (Å²) in [6.07, 6.45) is 5.30. The minimum Gasteiger partial charge on any atom is -0.332 e. The van der Waals surface area contributed by atoms with Gasteiger partial charge in [-0.3, -0.25) is 0 Å². The van der Waals surface area contributed by atoms with E-state index in [2.05, 4.69) is 41.0 Å². The second kappa shape index (κ2) is 5.32. The van der Waals surface area contributed by atoms with Gasteiger partial charge >= 0.3 is 0 Å². The second-order valence-electron chi connectivity index (χ2n) is 4.94. The smallest absolute Gasteiger partial charge is 0.140 e. The molecule has 0 aliphatic rings. The van der Waals surface area contributed by atoms with Gasteiger partial charge in [-0.05, 0) is 37.1 Å². The van der Waals surface area contributed by atoms with E-state index in [4.69, 9.17) is 0 Å². The molecule has 1 N–H and O–H groups in total. The van der Waals surface area contributed by atoms with Crippen LogP contribution in [0.15, 0.2) is 24.5 Å². The van der Waals surface area contributed by atoms with Crippen molar-refractivity contribution in [2.45, 2.75) is 33.4 Å². The second-order valence-corrected chi connectivity index (χ2v) is 4.94. The summed E-state index contributed by atoms with van der Waals surface area (Å²) in [6.45, 7) is 6.47. The first-order valence-electron chi connectivity index (χ1n) is 6.29. The number of pyridine rings is 1. The van der Waals surface area contributed by atoms with Gasteiger partial charge in [0.2, 0.25) is 0 Å². The fourth-order valence-corrected chi connectivity index (χ4v) is 2.09. The van der Waals surface area contributed by atoms with Gasteiger partial charge in [0.1, 0.15) is 5.65 Å². The van der Waals surface area contributed by atoms with Crippen molar-refractivity contribution in [2.24, 2.45) is 5.92 Å². The van der Waals surface area contributed by atoms with Crippen LogP contribution >= 0.6 is 0 Å². The van der Waals surface area contributed by atoms with E-state index in [1.807, 2.05) is 19.3 Å². The number of nitrogens with one attached hydrogen (secondary N) is 1. The van der Waals surface area contributed by atoms with Crippen molar-refractivity contribution >= 4 is 11.0 Å². The molecule has 0 radical (unpaired) electrons. The Hall–Kier alpha value is -1.35. The predicted molar refractivity (Wildman–Crippen MR) is 72.0 cm³/mol. The topological polar surface area (TPSA) is 29.9 Å². The number of nitrogens with zero attached hydrogens (tertiary/aromatic N) is 2. The molecule has 0 spiro atoms. The predicted octanol–water partition coefficient (Wildman–Crippen LogP) is 2.80. The van der Waals surface area contributed by atoms with Crippen molar-refractivity contribution in [2.75, 3.05) is 7.05 Å². The third-order valence-corrected chi connectivity index (χ3v) is 3.03. The molecule has 92 valence electrons. The molecule has 2 aromatic rings. The van der Waals surface area contributed by atoms with E-state index in [-0.39, 0.29) is 0 Å². The minimum atomic E-state index is 0.726. The third-order valence-electron chi connectivity index (χ3n) is 3.03. The van der Waals surface area contributed by atoms with Crippen LogP contribution in [0.5, 0.6) is 0 Å². The standard InChI is InChI=1S/C14H21N3/c1-11(2)6-8-17-10-12(9-15-3)13-5-4-7-16-14(13)17/h4-5,7,10-11,15H,6,8-9H2,1-3H3. The number of rotatable bonds is 5. The summed E-state index contributed by atoms with van der Waals surface area (Å²) in [4.78, 5) is 4.50. The molecule has 0 amide bonds. The minimum absolute atomic E-state index is 0.726. The first-order valence-corrected chi connectivity index (χ1v) is 6.29. The van der Waals surface area contributed by atoms with Gasteiger partial charge in [-0.1, -0.05) is 13.8 Å². The highest BCUT2D eigenvalue weighted by atomic mass is 15.0. The monoisotopic (exact) mass is 231 g/mol. The Kier molecular flexibility index (Phi) is 3.79. The molecule has 0 aliphatic heterocycles. The van der Waals surface area contributed by atoms with Crippen LogP contribution in [-0.4, -0.2) is 16.6 Å². The van der Waals surface area contributed by atoms with E-state index < -0.39 is 0 Å². The Morgan fingerprint density at radius 1 is 1.41 bits per heavy atom. The normalized spacial score (nSPS) is 11.5. The third kappa shape index (κ3) is 2.67. The molecule has 0 aliphatic carbocycles. The van der Waals surface area contributed by atoms with Crippen molar-refractivity contribution in [1.29, 1.82) is 0 Å². The fourth-order valence-electron chi connectivity index (χ4n) is 2.09. The summed E-state index contributed by atoms with van der Waals surface area (Å²) in [5.74, 6) is 0.726. The van der Waals surface area contributed by atoms with Crippen molar-refractivity contribution < 1.29 is 0 Å². The molecule has 0 atom stereocenters. The van der Waals surface area contributed by atoms with Crippen molar-refractivity contribution in [3.63, 3.8) is 0 Å². The number of aromatic nitrogens is 2. The summed E-state index contributed by atoms with van der Waals surface area (Å²) in [5.41, 5.74) is 2.44. The zero-order valence-electron chi connectivity index (χ0n) is 10.9. The molecular weight excluding hydrogens is 210 g/mol. The SMILES string of the molecule is CNCc1cn(CCC(C)C)c2ncccc12. The average Bonchev–Trinajstić information content (AvgIpc) is 2.66. The molecule has 0 aromatic carbocycles. The highest BCUT2D eigenvalue weighted by molar-refractivity contribution is 5.80. The Labute approximate surface area is 103 Å². The number of hydrogen-bond donors (Lipinski definition) is 1. The lowest BCUT2D eigenvalue weighted by molar-refractivity contribution is 0.522. The molecule has 17 heavy (non-hydrogen) atoms. The maximum atomic E-state index is 4.50. The van der Waals surface area contributed by atoms with E-state index in [1.54, 1.807) is 0 Å². The van der Waals surface area contributed by atoms with E-state index in [0.717, 1.165) is 24.7 Å². The van der Waals surface area contributed by atoms with Crippen LogP contribution in [0.25, 0.3) is 11.0 Å².